The predicted octanol–water partition coefficient (Wildman–Crippen LogP) is 1.26. The first-order valence-electron chi connectivity index (χ1n) is 6.55. The molecular weight excluding hydrogens is 216 g/mol. The molecule has 1 aliphatic rings. The standard InChI is InChI=1S/C13H26N2O2/c1-13(2,3)5-11-17-10-4-12(16)15-8-6-14-7-9-15/h14H,4-11H2,1-3H3. The highest BCUT2D eigenvalue weighted by Crippen LogP contribution is 2.17. The molecule has 0 aliphatic carbocycles. The van der Waals surface area contributed by atoms with Crippen molar-refractivity contribution in [2.24, 2.45) is 5.41 Å². The molecule has 1 heterocycles. The molecule has 0 bridgehead atoms. The third-order valence-corrected chi connectivity index (χ3v) is 2.93. The van der Waals surface area contributed by atoms with Crippen molar-refractivity contribution in [1.82, 2.24) is 10.2 Å². The third-order valence-electron chi connectivity index (χ3n) is 2.93. The maximum Gasteiger partial charge on any atom is 0.224 e. The molecule has 0 spiro atoms. The van der Waals surface area contributed by atoms with E-state index in [4.69, 9.17) is 4.74 Å². The van der Waals surface area contributed by atoms with Crippen LogP contribution < -0.4 is 5.32 Å². The van der Waals surface area contributed by atoms with Gasteiger partial charge in [-0.1, -0.05) is 20.8 Å². The number of amides is 1. The molecule has 4 heteroatoms. The zero-order valence-electron chi connectivity index (χ0n) is 11.4. The van der Waals surface area contributed by atoms with Crippen LogP contribution in [0.2, 0.25) is 0 Å². The molecule has 0 aromatic heterocycles. The van der Waals surface area contributed by atoms with E-state index in [0.717, 1.165) is 39.2 Å². The van der Waals surface area contributed by atoms with Crippen molar-refractivity contribution >= 4 is 5.91 Å². The summed E-state index contributed by atoms with van der Waals surface area (Å²) < 4.78 is 5.51. The lowest BCUT2D eigenvalue weighted by Gasteiger charge is -2.27. The molecule has 1 fully saturated rings. The molecule has 0 aromatic carbocycles. The quantitative estimate of drug-likeness (QED) is 0.738. The summed E-state index contributed by atoms with van der Waals surface area (Å²) in [7, 11) is 0. The van der Waals surface area contributed by atoms with E-state index in [1.54, 1.807) is 0 Å². The molecule has 100 valence electrons. The number of nitrogens with zero attached hydrogens (tertiary/aromatic N) is 1. The van der Waals surface area contributed by atoms with Crippen LogP contribution in [-0.2, 0) is 9.53 Å². The van der Waals surface area contributed by atoms with Crippen molar-refractivity contribution in [3.63, 3.8) is 0 Å². The van der Waals surface area contributed by atoms with Crippen LogP contribution in [0.5, 0.6) is 0 Å². The highest BCUT2D eigenvalue weighted by atomic mass is 16.5. The number of rotatable bonds is 5. The summed E-state index contributed by atoms with van der Waals surface area (Å²) in [5, 5.41) is 3.24. The van der Waals surface area contributed by atoms with E-state index in [1.807, 2.05) is 4.90 Å². The lowest BCUT2D eigenvalue weighted by Crippen LogP contribution is -2.46. The Bertz CT molecular complexity index is 230. The van der Waals surface area contributed by atoms with Crippen LogP contribution in [-0.4, -0.2) is 50.2 Å². The molecule has 0 unspecified atom stereocenters. The van der Waals surface area contributed by atoms with Crippen LogP contribution in [0.4, 0.5) is 0 Å². The van der Waals surface area contributed by atoms with Gasteiger partial charge in [0.1, 0.15) is 0 Å². The predicted molar refractivity (Wildman–Crippen MR) is 69.0 cm³/mol. The maximum absolute atomic E-state index is 11.8. The molecule has 0 saturated carbocycles. The highest BCUT2D eigenvalue weighted by Gasteiger charge is 2.15. The fraction of sp³-hybridized carbons (Fsp3) is 0.923. The molecule has 0 radical (unpaired) electrons. The van der Waals surface area contributed by atoms with Crippen LogP contribution in [0.3, 0.4) is 0 Å². The summed E-state index contributed by atoms with van der Waals surface area (Å²) in [5.41, 5.74) is 0.308. The molecule has 1 amide bonds. The van der Waals surface area contributed by atoms with E-state index in [2.05, 4.69) is 26.1 Å². The first-order valence-corrected chi connectivity index (χ1v) is 6.55. The average Bonchev–Trinajstić information content (AvgIpc) is 2.28. The SMILES string of the molecule is CC(C)(C)CCOCCC(=O)N1CCNCC1. The molecule has 1 aliphatic heterocycles. The minimum atomic E-state index is 0.224. The fourth-order valence-electron chi connectivity index (χ4n) is 1.71. The number of ether oxygens (including phenoxy) is 1. The Kier molecular flexibility index (Phi) is 5.92. The molecule has 0 aromatic rings. The molecule has 0 atom stereocenters. The fourth-order valence-corrected chi connectivity index (χ4v) is 1.71. The lowest BCUT2D eigenvalue weighted by atomic mass is 9.93. The highest BCUT2D eigenvalue weighted by molar-refractivity contribution is 5.76. The third kappa shape index (κ3) is 6.64. The van der Waals surface area contributed by atoms with Gasteiger partial charge in [-0.3, -0.25) is 4.79 Å². The zero-order valence-corrected chi connectivity index (χ0v) is 11.4. The summed E-state index contributed by atoms with van der Waals surface area (Å²) in [6.45, 7) is 11.4. The summed E-state index contributed by atoms with van der Waals surface area (Å²) in [4.78, 5) is 13.7. The second-order valence-corrected chi connectivity index (χ2v) is 5.80. The van der Waals surface area contributed by atoms with Crippen LogP contribution >= 0.6 is 0 Å². The topological polar surface area (TPSA) is 41.6 Å². The smallest absolute Gasteiger partial charge is 0.224 e. The molecule has 17 heavy (non-hydrogen) atoms. The van der Waals surface area contributed by atoms with E-state index in [1.165, 1.54) is 0 Å². The Hall–Kier alpha value is -0.610. The Morgan fingerprint density at radius 3 is 2.47 bits per heavy atom. The second-order valence-electron chi connectivity index (χ2n) is 5.80. The van der Waals surface area contributed by atoms with Crippen LogP contribution in [0.15, 0.2) is 0 Å². The van der Waals surface area contributed by atoms with E-state index >= 15 is 0 Å². The van der Waals surface area contributed by atoms with Gasteiger partial charge in [-0.2, -0.15) is 0 Å². The van der Waals surface area contributed by atoms with Gasteiger partial charge in [0.05, 0.1) is 13.0 Å². The second kappa shape index (κ2) is 6.97. The minimum absolute atomic E-state index is 0.224. The van der Waals surface area contributed by atoms with Crippen molar-refractivity contribution in [3.8, 4) is 0 Å². The number of piperazine rings is 1. The van der Waals surface area contributed by atoms with Crippen molar-refractivity contribution in [3.05, 3.63) is 0 Å². The molecule has 4 nitrogen and oxygen atoms in total. The van der Waals surface area contributed by atoms with Gasteiger partial charge in [-0.15, -0.1) is 0 Å². The van der Waals surface area contributed by atoms with Crippen molar-refractivity contribution < 1.29 is 9.53 Å². The van der Waals surface area contributed by atoms with Crippen molar-refractivity contribution in [2.75, 3.05) is 39.4 Å². The van der Waals surface area contributed by atoms with Gasteiger partial charge >= 0.3 is 0 Å². The Morgan fingerprint density at radius 1 is 1.24 bits per heavy atom. The molecule has 1 saturated heterocycles. The average molecular weight is 242 g/mol. The maximum atomic E-state index is 11.8. The largest absolute Gasteiger partial charge is 0.381 e. The number of carbonyl (C=O) groups is 1. The van der Waals surface area contributed by atoms with E-state index in [0.29, 0.717) is 18.4 Å². The molecule has 1 rings (SSSR count). The van der Waals surface area contributed by atoms with Gasteiger partial charge in [-0.25, -0.2) is 0 Å². The summed E-state index contributed by atoms with van der Waals surface area (Å²) in [6.07, 6.45) is 1.55. The Balaban J connectivity index is 2.04. The summed E-state index contributed by atoms with van der Waals surface area (Å²) >= 11 is 0. The molecule has 1 N–H and O–H groups in total. The van der Waals surface area contributed by atoms with Gasteiger partial charge in [0.2, 0.25) is 5.91 Å². The number of nitrogens with one attached hydrogen (secondary N) is 1. The van der Waals surface area contributed by atoms with E-state index < -0.39 is 0 Å². The minimum Gasteiger partial charge on any atom is -0.381 e. The van der Waals surface area contributed by atoms with Gasteiger partial charge in [0, 0.05) is 32.8 Å². The summed E-state index contributed by atoms with van der Waals surface area (Å²) in [5.74, 6) is 0.224. The number of hydrogen-bond acceptors (Lipinski definition) is 3. The first-order chi connectivity index (χ1) is 7.99. The normalized spacial score (nSPS) is 17.2. The van der Waals surface area contributed by atoms with Gasteiger partial charge in [0.25, 0.3) is 0 Å². The van der Waals surface area contributed by atoms with Gasteiger partial charge < -0.3 is 15.0 Å². The first kappa shape index (κ1) is 14.5. The van der Waals surface area contributed by atoms with Gasteiger partial charge in [0.15, 0.2) is 0 Å². The number of hydrogen-bond donors (Lipinski definition) is 1. The van der Waals surface area contributed by atoms with Gasteiger partial charge in [-0.05, 0) is 11.8 Å². The van der Waals surface area contributed by atoms with E-state index in [-0.39, 0.29) is 5.91 Å². The summed E-state index contributed by atoms with van der Waals surface area (Å²) in [6, 6.07) is 0. The zero-order chi connectivity index (χ0) is 12.7. The van der Waals surface area contributed by atoms with Crippen LogP contribution in [0.1, 0.15) is 33.6 Å². The number of carbonyl (C=O) groups excluding carboxylic acids is 1. The molecular formula is C13H26N2O2. The Morgan fingerprint density at radius 2 is 1.88 bits per heavy atom. The van der Waals surface area contributed by atoms with Crippen LogP contribution in [0, 0.1) is 5.41 Å². The van der Waals surface area contributed by atoms with Crippen molar-refractivity contribution in [1.29, 1.82) is 0 Å². The Labute approximate surface area is 105 Å². The van der Waals surface area contributed by atoms with E-state index in [9.17, 15) is 4.79 Å². The van der Waals surface area contributed by atoms with Crippen LogP contribution in [0.25, 0.3) is 0 Å². The monoisotopic (exact) mass is 242 g/mol. The van der Waals surface area contributed by atoms with Crippen molar-refractivity contribution in [2.45, 2.75) is 33.6 Å². The lowest BCUT2D eigenvalue weighted by molar-refractivity contribution is -0.132.